The summed E-state index contributed by atoms with van der Waals surface area (Å²) in [5.41, 5.74) is 0. The summed E-state index contributed by atoms with van der Waals surface area (Å²) in [6.07, 6.45) is 0.732. The summed E-state index contributed by atoms with van der Waals surface area (Å²) in [4.78, 5) is 32.0. The highest BCUT2D eigenvalue weighted by Gasteiger charge is 2.31. The van der Waals surface area contributed by atoms with E-state index in [1.165, 1.54) is 17.0 Å². The number of para-hydroxylation sites is 1. The van der Waals surface area contributed by atoms with Crippen LogP contribution in [-0.4, -0.2) is 47.4 Å². The van der Waals surface area contributed by atoms with Gasteiger partial charge in [-0.15, -0.1) is 0 Å². The van der Waals surface area contributed by atoms with E-state index >= 15 is 0 Å². The third-order valence-corrected chi connectivity index (χ3v) is 3.95. The molecule has 2 heterocycles. The monoisotopic (exact) mass is 343 g/mol. The molecule has 1 aliphatic rings. The highest BCUT2D eigenvalue weighted by molar-refractivity contribution is 5.97. The molecule has 0 radical (unpaired) electrons. The smallest absolute Gasteiger partial charge is 0.263 e. The highest BCUT2D eigenvalue weighted by Crippen LogP contribution is 2.19. The molecule has 1 unspecified atom stereocenters. The number of carbonyl (C=O) groups is 2. The summed E-state index contributed by atoms with van der Waals surface area (Å²) in [6.45, 7) is 2.21. The minimum atomic E-state index is -0.883. The quantitative estimate of drug-likeness (QED) is 0.850. The zero-order valence-electron chi connectivity index (χ0n) is 13.8. The maximum absolute atomic E-state index is 13.6. The summed E-state index contributed by atoms with van der Waals surface area (Å²) in [5, 5.41) is 0. The second kappa shape index (κ2) is 7.29. The SMILES string of the molecule is CC(Oc1ccccc1F)C(=O)N1CCN(c2ccccn2)C(=O)C1. The van der Waals surface area contributed by atoms with E-state index in [-0.39, 0.29) is 24.1 Å². The van der Waals surface area contributed by atoms with Crippen LogP contribution < -0.4 is 9.64 Å². The van der Waals surface area contributed by atoms with Crippen LogP contribution in [0.4, 0.5) is 10.2 Å². The van der Waals surface area contributed by atoms with E-state index in [4.69, 9.17) is 4.74 Å². The Morgan fingerprint density at radius 2 is 1.96 bits per heavy atom. The molecule has 2 amide bonds. The maximum atomic E-state index is 13.6. The molecular weight excluding hydrogens is 325 g/mol. The molecular formula is C18H18FN3O3. The Kier molecular flexibility index (Phi) is 4.92. The molecule has 1 atom stereocenters. The number of piperazine rings is 1. The van der Waals surface area contributed by atoms with Gasteiger partial charge in [-0.2, -0.15) is 0 Å². The summed E-state index contributed by atoms with van der Waals surface area (Å²) >= 11 is 0. The van der Waals surface area contributed by atoms with Gasteiger partial charge >= 0.3 is 0 Å². The molecule has 0 aliphatic carbocycles. The number of benzene rings is 1. The van der Waals surface area contributed by atoms with Gasteiger partial charge in [0.1, 0.15) is 12.4 Å². The third kappa shape index (κ3) is 3.76. The standard InChI is InChI=1S/C18H18FN3O3/c1-13(25-15-7-3-2-6-14(15)19)18(24)21-10-11-22(17(23)12-21)16-8-4-5-9-20-16/h2-9,13H,10-12H2,1H3. The van der Waals surface area contributed by atoms with Crippen LogP contribution >= 0.6 is 0 Å². The Balaban J connectivity index is 1.62. The Hall–Kier alpha value is -2.96. The van der Waals surface area contributed by atoms with Crippen molar-refractivity contribution in [3.63, 3.8) is 0 Å². The van der Waals surface area contributed by atoms with Crippen molar-refractivity contribution < 1.29 is 18.7 Å². The van der Waals surface area contributed by atoms with Crippen LogP contribution in [0.5, 0.6) is 5.75 Å². The van der Waals surface area contributed by atoms with Crippen molar-refractivity contribution in [2.45, 2.75) is 13.0 Å². The van der Waals surface area contributed by atoms with Gasteiger partial charge in [0.25, 0.3) is 5.91 Å². The fourth-order valence-electron chi connectivity index (χ4n) is 2.66. The van der Waals surface area contributed by atoms with Crippen LogP contribution in [0.25, 0.3) is 0 Å². The Morgan fingerprint density at radius 3 is 2.64 bits per heavy atom. The van der Waals surface area contributed by atoms with E-state index < -0.39 is 11.9 Å². The van der Waals surface area contributed by atoms with Gasteiger partial charge in [0.15, 0.2) is 17.7 Å². The lowest BCUT2D eigenvalue weighted by Gasteiger charge is -2.34. The number of halogens is 1. The summed E-state index contributed by atoms with van der Waals surface area (Å²) in [5.74, 6) is -0.510. The van der Waals surface area contributed by atoms with Gasteiger partial charge in [0.05, 0.1) is 0 Å². The lowest BCUT2D eigenvalue weighted by atomic mass is 10.2. The van der Waals surface area contributed by atoms with Crippen LogP contribution in [0.15, 0.2) is 48.7 Å². The molecule has 0 bridgehead atoms. The molecule has 130 valence electrons. The highest BCUT2D eigenvalue weighted by atomic mass is 19.1. The van der Waals surface area contributed by atoms with Crippen LogP contribution in [-0.2, 0) is 9.59 Å². The van der Waals surface area contributed by atoms with Gasteiger partial charge in [-0.1, -0.05) is 18.2 Å². The van der Waals surface area contributed by atoms with Gasteiger partial charge in [0.2, 0.25) is 5.91 Å². The van der Waals surface area contributed by atoms with E-state index in [9.17, 15) is 14.0 Å². The average Bonchev–Trinajstić information content (AvgIpc) is 2.63. The molecule has 0 N–H and O–H groups in total. The maximum Gasteiger partial charge on any atom is 0.263 e. The fraction of sp³-hybridized carbons (Fsp3) is 0.278. The van der Waals surface area contributed by atoms with Gasteiger partial charge in [-0.3, -0.25) is 14.5 Å². The molecule has 1 aromatic heterocycles. The number of aromatic nitrogens is 1. The molecule has 1 aromatic carbocycles. The lowest BCUT2D eigenvalue weighted by molar-refractivity contribution is -0.142. The molecule has 1 fully saturated rings. The van der Waals surface area contributed by atoms with Crippen molar-refractivity contribution in [1.82, 2.24) is 9.88 Å². The molecule has 6 nitrogen and oxygen atoms in total. The second-order valence-corrected chi connectivity index (χ2v) is 5.68. The molecule has 2 aromatic rings. The number of carbonyl (C=O) groups excluding carboxylic acids is 2. The van der Waals surface area contributed by atoms with Crippen LogP contribution in [0.2, 0.25) is 0 Å². The van der Waals surface area contributed by atoms with E-state index in [1.54, 1.807) is 48.4 Å². The first-order valence-electron chi connectivity index (χ1n) is 7.97. The number of ether oxygens (including phenoxy) is 1. The Bertz CT molecular complexity index is 769. The summed E-state index contributed by atoms with van der Waals surface area (Å²) in [7, 11) is 0. The Morgan fingerprint density at radius 1 is 1.20 bits per heavy atom. The molecule has 1 aliphatic heterocycles. The number of amides is 2. The Labute approximate surface area is 144 Å². The minimum Gasteiger partial charge on any atom is -0.478 e. The molecule has 1 saturated heterocycles. The summed E-state index contributed by atoms with van der Waals surface area (Å²) < 4.78 is 19.0. The van der Waals surface area contributed by atoms with Crippen molar-refractivity contribution >= 4 is 17.6 Å². The zero-order chi connectivity index (χ0) is 17.8. The molecule has 0 saturated carbocycles. The van der Waals surface area contributed by atoms with Gasteiger partial charge < -0.3 is 9.64 Å². The predicted octanol–water partition coefficient (Wildman–Crippen LogP) is 1.86. The number of anilines is 1. The third-order valence-electron chi connectivity index (χ3n) is 3.95. The first kappa shape index (κ1) is 16.9. The number of nitrogens with zero attached hydrogens (tertiary/aromatic N) is 3. The zero-order valence-corrected chi connectivity index (χ0v) is 13.8. The first-order valence-corrected chi connectivity index (χ1v) is 7.97. The van der Waals surface area contributed by atoms with Gasteiger partial charge in [-0.25, -0.2) is 9.37 Å². The second-order valence-electron chi connectivity index (χ2n) is 5.68. The predicted molar refractivity (Wildman–Crippen MR) is 89.7 cm³/mol. The number of hydrogen-bond donors (Lipinski definition) is 0. The topological polar surface area (TPSA) is 62.7 Å². The molecule has 25 heavy (non-hydrogen) atoms. The van der Waals surface area contributed by atoms with Gasteiger partial charge in [0, 0.05) is 19.3 Å². The number of pyridine rings is 1. The van der Waals surface area contributed by atoms with Crippen LogP contribution in [0.3, 0.4) is 0 Å². The van der Waals surface area contributed by atoms with Crippen molar-refractivity contribution in [1.29, 1.82) is 0 Å². The van der Waals surface area contributed by atoms with Crippen molar-refractivity contribution in [2.75, 3.05) is 24.5 Å². The number of hydrogen-bond acceptors (Lipinski definition) is 4. The average molecular weight is 343 g/mol. The molecule has 7 heteroatoms. The largest absolute Gasteiger partial charge is 0.478 e. The fourth-order valence-corrected chi connectivity index (χ4v) is 2.66. The molecule has 3 rings (SSSR count). The minimum absolute atomic E-state index is 0.0156. The van der Waals surface area contributed by atoms with E-state index in [1.807, 2.05) is 0 Å². The summed E-state index contributed by atoms with van der Waals surface area (Å²) in [6, 6.07) is 11.2. The van der Waals surface area contributed by atoms with Crippen molar-refractivity contribution in [3.8, 4) is 5.75 Å². The molecule has 0 spiro atoms. The van der Waals surface area contributed by atoms with E-state index in [0.29, 0.717) is 18.9 Å². The van der Waals surface area contributed by atoms with E-state index in [2.05, 4.69) is 4.98 Å². The first-order chi connectivity index (χ1) is 12.1. The lowest BCUT2D eigenvalue weighted by Crippen LogP contribution is -2.55. The van der Waals surface area contributed by atoms with Crippen LogP contribution in [0, 0.1) is 5.82 Å². The van der Waals surface area contributed by atoms with Crippen LogP contribution in [0.1, 0.15) is 6.92 Å². The van der Waals surface area contributed by atoms with Crippen molar-refractivity contribution in [2.24, 2.45) is 0 Å². The van der Waals surface area contributed by atoms with Crippen molar-refractivity contribution in [3.05, 3.63) is 54.5 Å². The number of rotatable bonds is 4. The van der Waals surface area contributed by atoms with Gasteiger partial charge in [-0.05, 0) is 31.2 Å². The van der Waals surface area contributed by atoms with E-state index in [0.717, 1.165) is 0 Å². The normalized spacial score (nSPS) is 15.8.